The fourth-order valence-corrected chi connectivity index (χ4v) is 1.38. The van der Waals surface area contributed by atoms with Gasteiger partial charge in [0.1, 0.15) is 0 Å². The molecule has 0 aromatic carbocycles. The van der Waals surface area contributed by atoms with Crippen LogP contribution in [-0.4, -0.2) is 0 Å². The Bertz CT molecular complexity index is 182. The van der Waals surface area contributed by atoms with Crippen molar-refractivity contribution >= 4 is 0 Å². The van der Waals surface area contributed by atoms with Crippen LogP contribution in [0.2, 0.25) is 0 Å². The molecule has 0 aliphatic carbocycles. The maximum absolute atomic E-state index is 8.89. The fraction of sp³-hybridized carbons (Fsp3) is 0.909. The van der Waals surface area contributed by atoms with Gasteiger partial charge in [0.2, 0.25) is 0 Å². The molecule has 0 fully saturated rings. The number of nitrogens with zero attached hydrogens (tertiary/aromatic N) is 1. The second kappa shape index (κ2) is 3.47. The largest absolute Gasteiger partial charge is 0.198 e. The van der Waals surface area contributed by atoms with Crippen molar-refractivity contribution in [1.29, 1.82) is 5.26 Å². The summed E-state index contributed by atoms with van der Waals surface area (Å²) in [6, 6.07) is 2.35. The highest BCUT2D eigenvalue weighted by molar-refractivity contribution is 4.95. The van der Waals surface area contributed by atoms with Crippen LogP contribution in [0.1, 0.15) is 48.0 Å². The van der Waals surface area contributed by atoms with E-state index in [1.807, 2.05) is 13.8 Å². The number of hydrogen-bond donors (Lipinski definition) is 0. The zero-order valence-electron chi connectivity index (χ0n) is 9.23. The van der Waals surface area contributed by atoms with Gasteiger partial charge in [0.25, 0.3) is 0 Å². The Kier molecular flexibility index (Phi) is 3.33. The zero-order chi connectivity index (χ0) is 9.99. The summed E-state index contributed by atoms with van der Waals surface area (Å²) < 4.78 is 0. The molecular weight excluding hydrogens is 146 g/mol. The molecular formula is C11H21N. The van der Waals surface area contributed by atoms with E-state index >= 15 is 0 Å². The molecule has 0 spiro atoms. The van der Waals surface area contributed by atoms with Crippen molar-refractivity contribution in [1.82, 2.24) is 0 Å². The smallest absolute Gasteiger partial charge is 0.0684 e. The van der Waals surface area contributed by atoms with E-state index in [1.165, 1.54) is 0 Å². The van der Waals surface area contributed by atoms with Crippen LogP contribution in [0, 0.1) is 28.1 Å². The normalized spacial score (nSPS) is 13.2. The summed E-state index contributed by atoms with van der Waals surface area (Å²) >= 11 is 0. The predicted octanol–water partition coefficient (Wildman–Crippen LogP) is 3.61. The van der Waals surface area contributed by atoms with Gasteiger partial charge in [-0.3, -0.25) is 0 Å². The van der Waals surface area contributed by atoms with Crippen LogP contribution in [0.4, 0.5) is 0 Å². The third-order valence-corrected chi connectivity index (χ3v) is 2.76. The molecule has 1 nitrogen and oxygen atoms in total. The minimum absolute atomic E-state index is 0.187. The average Bonchev–Trinajstić information content (AvgIpc) is 1.85. The molecule has 0 amide bonds. The van der Waals surface area contributed by atoms with Crippen molar-refractivity contribution in [2.45, 2.75) is 48.0 Å². The lowest BCUT2D eigenvalue weighted by atomic mass is 9.70. The second-order valence-electron chi connectivity index (χ2n) is 5.32. The molecule has 0 heterocycles. The van der Waals surface area contributed by atoms with Crippen LogP contribution in [0.3, 0.4) is 0 Å². The first-order chi connectivity index (χ1) is 5.21. The molecule has 0 N–H and O–H groups in total. The van der Waals surface area contributed by atoms with Crippen LogP contribution in [0.5, 0.6) is 0 Å². The topological polar surface area (TPSA) is 23.8 Å². The summed E-state index contributed by atoms with van der Waals surface area (Å²) in [4.78, 5) is 0. The van der Waals surface area contributed by atoms with Crippen molar-refractivity contribution in [2.24, 2.45) is 16.7 Å². The van der Waals surface area contributed by atoms with Gasteiger partial charge in [-0.05, 0) is 31.6 Å². The summed E-state index contributed by atoms with van der Waals surface area (Å²) in [5.41, 5.74) is 0.0764. The molecule has 0 rings (SSSR count). The van der Waals surface area contributed by atoms with Gasteiger partial charge >= 0.3 is 0 Å². The Labute approximate surface area is 76.8 Å². The molecule has 0 aliphatic rings. The molecule has 1 heteroatoms. The second-order valence-corrected chi connectivity index (χ2v) is 5.32. The first-order valence-electron chi connectivity index (χ1n) is 4.62. The van der Waals surface area contributed by atoms with E-state index in [-0.39, 0.29) is 10.8 Å². The minimum atomic E-state index is -0.187. The van der Waals surface area contributed by atoms with Crippen molar-refractivity contribution in [3.05, 3.63) is 0 Å². The van der Waals surface area contributed by atoms with Gasteiger partial charge in [0, 0.05) is 0 Å². The Morgan fingerprint density at radius 3 is 1.83 bits per heavy atom. The molecule has 0 aromatic rings. The monoisotopic (exact) mass is 167 g/mol. The standard InChI is InChI=1S/C11H21N/c1-9(2)11(5,6)7-10(3,4)8-12/h9H,7H2,1-6H3. The number of rotatable bonds is 3. The van der Waals surface area contributed by atoms with E-state index in [0.717, 1.165) is 6.42 Å². The minimum Gasteiger partial charge on any atom is -0.198 e. The van der Waals surface area contributed by atoms with Gasteiger partial charge in [-0.15, -0.1) is 0 Å². The molecule has 0 radical (unpaired) electrons. The predicted molar refractivity (Wildman–Crippen MR) is 52.6 cm³/mol. The van der Waals surface area contributed by atoms with Gasteiger partial charge in [-0.25, -0.2) is 0 Å². The van der Waals surface area contributed by atoms with Gasteiger partial charge in [-0.1, -0.05) is 27.7 Å². The zero-order valence-corrected chi connectivity index (χ0v) is 9.23. The summed E-state index contributed by atoms with van der Waals surface area (Å²) in [5.74, 6) is 0.630. The van der Waals surface area contributed by atoms with Crippen molar-refractivity contribution in [3.63, 3.8) is 0 Å². The van der Waals surface area contributed by atoms with E-state index in [0.29, 0.717) is 5.92 Å². The maximum Gasteiger partial charge on any atom is 0.0684 e. The van der Waals surface area contributed by atoms with Crippen LogP contribution in [0.25, 0.3) is 0 Å². The van der Waals surface area contributed by atoms with Crippen LogP contribution in [-0.2, 0) is 0 Å². The highest BCUT2D eigenvalue weighted by Crippen LogP contribution is 2.38. The lowest BCUT2D eigenvalue weighted by molar-refractivity contribution is 0.171. The van der Waals surface area contributed by atoms with Gasteiger partial charge in [-0.2, -0.15) is 5.26 Å². The molecule has 0 atom stereocenters. The summed E-state index contributed by atoms with van der Waals surface area (Å²) in [7, 11) is 0. The maximum atomic E-state index is 8.89. The highest BCUT2D eigenvalue weighted by Gasteiger charge is 2.30. The lowest BCUT2D eigenvalue weighted by Crippen LogP contribution is -2.26. The Hall–Kier alpha value is -0.510. The molecule has 0 saturated heterocycles. The van der Waals surface area contributed by atoms with E-state index in [1.54, 1.807) is 0 Å². The van der Waals surface area contributed by atoms with Gasteiger partial charge < -0.3 is 0 Å². The molecule has 0 aliphatic heterocycles. The van der Waals surface area contributed by atoms with Gasteiger partial charge in [0.05, 0.1) is 11.5 Å². The molecule has 0 aromatic heterocycles. The average molecular weight is 167 g/mol. The van der Waals surface area contributed by atoms with Crippen molar-refractivity contribution in [2.75, 3.05) is 0 Å². The third kappa shape index (κ3) is 3.26. The van der Waals surface area contributed by atoms with E-state index in [4.69, 9.17) is 5.26 Å². The summed E-state index contributed by atoms with van der Waals surface area (Å²) in [5, 5.41) is 8.89. The van der Waals surface area contributed by atoms with Gasteiger partial charge in [0.15, 0.2) is 0 Å². The molecule has 0 unspecified atom stereocenters. The van der Waals surface area contributed by atoms with E-state index in [9.17, 15) is 0 Å². The first kappa shape index (κ1) is 11.5. The SMILES string of the molecule is CC(C)C(C)(C)CC(C)(C)C#N. The third-order valence-electron chi connectivity index (χ3n) is 2.76. The van der Waals surface area contributed by atoms with Crippen LogP contribution >= 0.6 is 0 Å². The first-order valence-corrected chi connectivity index (χ1v) is 4.62. The Morgan fingerprint density at radius 1 is 1.17 bits per heavy atom. The number of nitriles is 1. The van der Waals surface area contributed by atoms with Crippen LogP contribution < -0.4 is 0 Å². The van der Waals surface area contributed by atoms with E-state index in [2.05, 4.69) is 33.8 Å². The molecule has 12 heavy (non-hydrogen) atoms. The quantitative estimate of drug-likeness (QED) is 0.630. The number of hydrogen-bond acceptors (Lipinski definition) is 1. The molecule has 0 saturated carbocycles. The fourth-order valence-electron chi connectivity index (χ4n) is 1.38. The Balaban J connectivity index is 4.37. The summed E-state index contributed by atoms with van der Waals surface area (Å²) in [6.45, 7) is 12.9. The molecule has 70 valence electrons. The lowest BCUT2D eigenvalue weighted by Gasteiger charge is -2.34. The van der Waals surface area contributed by atoms with Crippen molar-refractivity contribution in [3.8, 4) is 6.07 Å². The highest BCUT2D eigenvalue weighted by atomic mass is 14.4. The summed E-state index contributed by atoms with van der Waals surface area (Å²) in [6.07, 6.45) is 0.966. The van der Waals surface area contributed by atoms with Crippen LogP contribution in [0.15, 0.2) is 0 Å². The van der Waals surface area contributed by atoms with E-state index < -0.39 is 0 Å². The van der Waals surface area contributed by atoms with Crippen molar-refractivity contribution < 1.29 is 0 Å². The Morgan fingerprint density at radius 2 is 1.58 bits per heavy atom. The molecule has 0 bridgehead atoms.